The molecule has 0 radical (unpaired) electrons. The van der Waals surface area contributed by atoms with Gasteiger partial charge in [-0.15, -0.1) is 0 Å². The summed E-state index contributed by atoms with van der Waals surface area (Å²) in [5, 5.41) is 0.454. The molecule has 92 valence electrons. The lowest BCUT2D eigenvalue weighted by Crippen LogP contribution is -2.11. The van der Waals surface area contributed by atoms with Gasteiger partial charge < -0.3 is 4.74 Å². The first-order valence-electron chi connectivity index (χ1n) is 5.64. The van der Waals surface area contributed by atoms with Crippen LogP contribution in [0, 0.1) is 6.92 Å². The van der Waals surface area contributed by atoms with Gasteiger partial charge in [-0.1, -0.05) is 41.4 Å². The molecule has 2 nitrogen and oxygen atoms in total. The molecule has 0 aliphatic carbocycles. The first-order valence-corrected chi connectivity index (χ1v) is 6.02. The second-order valence-electron chi connectivity index (χ2n) is 4.00. The summed E-state index contributed by atoms with van der Waals surface area (Å²) in [6.45, 7) is 1.99. The standard InChI is InChI=1S/C15H13ClO2/c1-11-6-8-12(9-7-11)18-10-15(17)13-4-2-3-5-14(13)16/h2-9H,10H2,1H3. The Morgan fingerprint density at radius 3 is 2.44 bits per heavy atom. The smallest absolute Gasteiger partial charge is 0.201 e. The number of ketones is 1. The summed E-state index contributed by atoms with van der Waals surface area (Å²) in [4.78, 5) is 11.9. The van der Waals surface area contributed by atoms with Crippen molar-refractivity contribution < 1.29 is 9.53 Å². The second kappa shape index (κ2) is 5.69. The number of ether oxygens (including phenoxy) is 1. The molecule has 0 saturated heterocycles. The van der Waals surface area contributed by atoms with Gasteiger partial charge in [-0.25, -0.2) is 0 Å². The summed E-state index contributed by atoms with van der Waals surface area (Å²) in [5.74, 6) is 0.558. The van der Waals surface area contributed by atoms with Gasteiger partial charge in [0.25, 0.3) is 0 Å². The Kier molecular flexibility index (Phi) is 4.00. The number of halogens is 1. The Morgan fingerprint density at radius 2 is 1.78 bits per heavy atom. The van der Waals surface area contributed by atoms with Crippen LogP contribution in [-0.2, 0) is 0 Å². The summed E-state index contributed by atoms with van der Waals surface area (Å²) in [7, 11) is 0. The zero-order valence-electron chi connectivity index (χ0n) is 10.0. The highest BCUT2D eigenvalue weighted by Crippen LogP contribution is 2.17. The van der Waals surface area contributed by atoms with Crippen LogP contribution < -0.4 is 4.74 Å². The van der Waals surface area contributed by atoms with Crippen molar-refractivity contribution >= 4 is 17.4 Å². The number of benzene rings is 2. The minimum absolute atomic E-state index is 0.00715. The molecule has 0 aliphatic rings. The number of carbonyl (C=O) groups excluding carboxylic acids is 1. The van der Waals surface area contributed by atoms with Gasteiger partial charge in [0, 0.05) is 5.56 Å². The minimum atomic E-state index is -0.124. The molecule has 2 rings (SSSR count). The maximum atomic E-state index is 11.9. The summed E-state index contributed by atoms with van der Waals surface area (Å²) in [5.41, 5.74) is 1.64. The number of aryl methyl sites for hydroxylation is 1. The average Bonchev–Trinajstić information content (AvgIpc) is 2.38. The predicted molar refractivity (Wildman–Crippen MR) is 72.5 cm³/mol. The first kappa shape index (κ1) is 12.7. The van der Waals surface area contributed by atoms with Crippen LogP contribution in [0.4, 0.5) is 0 Å². The molecule has 18 heavy (non-hydrogen) atoms. The molecule has 0 aliphatic heterocycles. The number of Topliss-reactive ketones (excluding diaryl/α,β-unsaturated/α-hetero) is 1. The molecule has 3 heteroatoms. The molecule has 2 aromatic carbocycles. The van der Waals surface area contributed by atoms with Crippen LogP contribution in [-0.4, -0.2) is 12.4 Å². The van der Waals surface area contributed by atoms with Crippen LogP contribution in [0.2, 0.25) is 5.02 Å². The molecule has 0 bridgehead atoms. The Morgan fingerprint density at radius 1 is 1.11 bits per heavy atom. The summed E-state index contributed by atoms with van der Waals surface area (Å²) in [6, 6.07) is 14.5. The Labute approximate surface area is 111 Å². The van der Waals surface area contributed by atoms with Gasteiger partial charge in [-0.3, -0.25) is 4.79 Å². The van der Waals surface area contributed by atoms with Crippen LogP contribution in [0.5, 0.6) is 5.75 Å². The highest BCUT2D eigenvalue weighted by Gasteiger charge is 2.10. The fourth-order valence-electron chi connectivity index (χ4n) is 1.55. The van der Waals surface area contributed by atoms with E-state index >= 15 is 0 Å². The first-order chi connectivity index (χ1) is 8.66. The second-order valence-corrected chi connectivity index (χ2v) is 4.41. The van der Waals surface area contributed by atoms with E-state index < -0.39 is 0 Å². The molecule has 0 unspecified atom stereocenters. The third kappa shape index (κ3) is 3.11. The molecular formula is C15H13ClO2. The molecule has 2 aromatic rings. The van der Waals surface area contributed by atoms with Crippen LogP contribution >= 0.6 is 11.6 Å². The van der Waals surface area contributed by atoms with E-state index in [0.717, 1.165) is 5.56 Å². The minimum Gasteiger partial charge on any atom is -0.485 e. The van der Waals surface area contributed by atoms with Crippen LogP contribution in [0.25, 0.3) is 0 Å². The molecule has 0 N–H and O–H groups in total. The van der Waals surface area contributed by atoms with Crippen molar-refractivity contribution in [2.75, 3.05) is 6.61 Å². The third-order valence-corrected chi connectivity index (χ3v) is 2.89. The van der Waals surface area contributed by atoms with E-state index in [-0.39, 0.29) is 12.4 Å². The van der Waals surface area contributed by atoms with Gasteiger partial charge in [-0.2, -0.15) is 0 Å². The quantitative estimate of drug-likeness (QED) is 0.779. The fraction of sp³-hybridized carbons (Fsp3) is 0.133. The van der Waals surface area contributed by atoms with Crippen LogP contribution in [0.15, 0.2) is 48.5 Å². The Balaban J connectivity index is 2.01. The van der Waals surface area contributed by atoms with Gasteiger partial charge in [0.15, 0.2) is 6.61 Å². The van der Waals surface area contributed by atoms with E-state index in [1.807, 2.05) is 31.2 Å². The molecular weight excluding hydrogens is 248 g/mol. The molecule has 0 aromatic heterocycles. The SMILES string of the molecule is Cc1ccc(OCC(=O)c2ccccc2Cl)cc1. The van der Waals surface area contributed by atoms with Gasteiger partial charge in [0.05, 0.1) is 5.02 Å². The zero-order valence-corrected chi connectivity index (χ0v) is 10.8. The number of hydrogen-bond acceptors (Lipinski definition) is 2. The highest BCUT2D eigenvalue weighted by atomic mass is 35.5. The molecule has 0 amide bonds. The fourth-order valence-corrected chi connectivity index (χ4v) is 1.79. The van der Waals surface area contributed by atoms with Gasteiger partial charge >= 0.3 is 0 Å². The van der Waals surface area contributed by atoms with E-state index in [1.165, 1.54) is 0 Å². The molecule has 0 atom stereocenters. The van der Waals surface area contributed by atoms with Crippen molar-refractivity contribution in [3.8, 4) is 5.75 Å². The normalized spacial score (nSPS) is 10.1. The van der Waals surface area contributed by atoms with E-state index in [0.29, 0.717) is 16.3 Å². The zero-order chi connectivity index (χ0) is 13.0. The summed E-state index contributed by atoms with van der Waals surface area (Å²) < 4.78 is 5.42. The Hall–Kier alpha value is -1.80. The maximum Gasteiger partial charge on any atom is 0.201 e. The van der Waals surface area contributed by atoms with E-state index in [1.54, 1.807) is 24.3 Å². The predicted octanol–water partition coefficient (Wildman–Crippen LogP) is 3.91. The monoisotopic (exact) mass is 260 g/mol. The molecule has 0 spiro atoms. The van der Waals surface area contributed by atoms with Gasteiger partial charge in [0.2, 0.25) is 5.78 Å². The lowest BCUT2D eigenvalue weighted by molar-refractivity contribution is 0.0921. The Bertz CT molecular complexity index is 547. The van der Waals surface area contributed by atoms with Crippen molar-refractivity contribution in [3.05, 3.63) is 64.7 Å². The van der Waals surface area contributed by atoms with Gasteiger partial charge in [-0.05, 0) is 31.2 Å². The van der Waals surface area contributed by atoms with Crippen molar-refractivity contribution in [3.63, 3.8) is 0 Å². The molecule has 0 saturated carbocycles. The number of hydrogen-bond donors (Lipinski definition) is 0. The van der Waals surface area contributed by atoms with Gasteiger partial charge in [0.1, 0.15) is 5.75 Å². The van der Waals surface area contributed by atoms with Crippen molar-refractivity contribution in [1.82, 2.24) is 0 Å². The summed E-state index contributed by atoms with van der Waals surface area (Å²) >= 11 is 5.95. The lowest BCUT2D eigenvalue weighted by atomic mass is 10.1. The van der Waals surface area contributed by atoms with E-state index in [2.05, 4.69) is 0 Å². The lowest BCUT2D eigenvalue weighted by Gasteiger charge is -2.06. The average molecular weight is 261 g/mol. The summed E-state index contributed by atoms with van der Waals surface area (Å²) in [6.07, 6.45) is 0. The maximum absolute atomic E-state index is 11.9. The third-order valence-electron chi connectivity index (χ3n) is 2.57. The van der Waals surface area contributed by atoms with Crippen LogP contribution in [0.3, 0.4) is 0 Å². The van der Waals surface area contributed by atoms with Crippen molar-refractivity contribution in [1.29, 1.82) is 0 Å². The van der Waals surface area contributed by atoms with Crippen LogP contribution in [0.1, 0.15) is 15.9 Å². The topological polar surface area (TPSA) is 26.3 Å². The van der Waals surface area contributed by atoms with Crippen molar-refractivity contribution in [2.24, 2.45) is 0 Å². The number of rotatable bonds is 4. The highest BCUT2D eigenvalue weighted by molar-refractivity contribution is 6.34. The number of carbonyl (C=O) groups is 1. The molecule has 0 fully saturated rings. The molecule has 0 heterocycles. The van der Waals surface area contributed by atoms with E-state index in [4.69, 9.17) is 16.3 Å². The largest absolute Gasteiger partial charge is 0.485 e. The van der Waals surface area contributed by atoms with Crippen molar-refractivity contribution in [2.45, 2.75) is 6.92 Å². The van der Waals surface area contributed by atoms with E-state index in [9.17, 15) is 4.79 Å².